The molecule has 0 aliphatic carbocycles. The molecule has 0 atom stereocenters. The molecule has 0 fully saturated rings. The van der Waals surface area contributed by atoms with Crippen LogP contribution in [0.2, 0.25) is 5.02 Å². The molecule has 4 aromatic rings. The Labute approximate surface area is 208 Å². The molecule has 0 saturated carbocycles. The van der Waals surface area contributed by atoms with E-state index in [4.69, 9.17) is 16.0 Å². The van der Waals surface area contributed by atoms with Gasteiger partial charge in [-0.15, -0.1) is 10.2 Å². The molecule has 0 aliphatic heterocycles. The van der Waals surface area contributed by atoms with E-state index in [9.17, 15) is 4.79 Å². The first-order chi connectivity index (χ1) is 16.6. The van der Waals surface area contributed by atoms with Gasteiger partial charge in [0.1, 0.15) is 5.76 Å². The number of hydrogen-bond acceptors (Lipinski definition) is 6. The summed E-state index contributed by atoms with van der Waals surface area (Å²) in [6, 6.07) is 19.1. The fourth-order valence-corrected chi connectivity index (χ4v) is 4.54. The normalized spacial score (nSPS) is 10.9. The molecule has 2 heterocycles. The molecule has 1 N–H and O–H groups in total. The molecule has 7 nitrogen and oxygen atoms in total. The van der Waals surface area contributed by atoms with Crippen LogP contribution in [0.5, 0.6) is 0 Å². The number of nitrogens with zero attached hydrogens (tertiary/aromatic N) is 4. The minimum Gasteiger partial charge on any atom is -0.467 e. The van der Waals surface area contributed by atoms with E-state index in [1.54, 1.807) is 6.26 Å². The summed E-state index contributed by atoms with van der Waals surface area (Å²) in [6.45, 7) is 6.57. The van der Waals surface area contributed by atoms with E-state index in [-0.39, 0.29) is 11.7 Å². The Bertz CT molecular complexity index is 1220. The van der Waals surface area contributed by atoms with E-state index >= 15 is 0 Å². The van der Waals surface area contributed by atoms with Crippen LogP contribution in [0.4, 0.5) is 11.4 Å². The summed E-state index contributed by atoms with van der Waals surface area (Å²) >= 11 is 7.51. The van der Waals surface area contributed by atoms with Crippen molar-refractivity contribution in [1.29, 1.82) is 0 Å². The van der Waals surface area contributed by atoms with Crippen molar-refractivity contribution in [3.05, 3.63) is 77.7 Å². The van der Waals surface area contributed by atoms with Crippen LogP contribution in [0, 0.1) is 0 Å². The first-order valence-corrected chi connectivity index (χ1v) is 12.4. The number of thioether (sulfide) groups is 1. The van der Waals surface area contributed by atoms with Gasteiger partial charge >= 0.3 is 0 Å². The van der Waals surface area contributed by atoms with Crippen molar-refractivity contribution in [2.75, 3.05) is 29.1 Å². The van der Waals surface area contributed by atoms with Crippen molar-refractivity contribution in [3.63, 3.8) is 0 Å². The summed E-state index contributed by atoms with van der Waals surface area (Å²) in [5.74, 6) is 1.51. The van der Waals surface area contributed by atoms with Crippen LogP contribution in [0.3, 0.4) is 0 Å². The standard InChI is InChI=1S/C25H26ClN5O2S/c1-3-30(4-2)21-12-10-20(11-13-21)27-23(32)17-34-25-29-28-24(18-7-5-8-19(26)15-18)31(25)16-22-9-6-14-33-22/h5-15H,3-4,16-17H2,1-2H3,(H,27,32). The van der Waals surface area contributed by atoms with E-state index < -0.39 is 0 Å². The maximum atomic E-state index is 12.6. The van der Waals surface area contributed by atoms with Crippen molar-refractivity contribution in [2.24, 2.45) is 0 Å². The summed E-state index contributed by atoms with van der Waals surface area (Å²) < 4.78 is 7.46. The second-order valence-electron chi connectivity index (χ2n) is 7.54. The number of halogens is 1. The van der Waals surface area contributed by atoms with E-state index in [1.807, 2.05) is 65.2 Å². The van der Waals surface area contributed by atoms with Crippen molar-refractivity contribution < 1.29 is 9.21 Å². The highest BCUT2D eigenvalue weighted by atomic mass is 35.5. The highest BCUT2D eigenvalue weighted by Gasteiger charge is 2.17. The zero-order valence-corrected chi connectivity index (χ0v) is 20.6. The molecule has 0 bridgehead atoms. The minimum atomic E-state index is -0.113. The van der Waals surface area contributed by atoms with Gasteiger partial charge in [0.05, 0.1) is 18.6 Å². The monoisotopic (exact) mass is 495 g/mol. The largest absolute Gasteiger partial charge is 0.467 e. The molecule has 176 valence electrons. The number of anilines is 2. The predicted molar refractivity (Wildman–Crippen MR) is 138 cm³/mol. The number of hydrogen-bond donors (Lipinski definition) is 1. The van der Waals surface area contributed by atoms with Crippen LogP contribution in [0.25, 0.3) is 11.4 Å². The highest BCUT2D eigenvalue weighted by Crippen LogP contribution is 2.27. The van der Waals surface area contributed by atoms with Gasteiger partial charge in [0.2, 0.25) is 5.91 Å². The third-order valence-electron chi connectivity index (χ3n) is 5.31. The summed E-state index contributed by atoms with van der Waals surface area (Å²) in [5.41, 5.74) is 2.74. The fraction of sp³-hybridized carbons (Fsp3) is 0.240. The number of carbonyl (C=O) groups excluding carboxylic acids is 1. The zero-order valence-electron chi connectivity index (χ0n) is 19.1. The van der Waals surface area contributed by atoms with Gasteiger partial charge in [-0.2, -0.15) is 0 Å². The molecule has 0 spiro atoms. The molecule has 1 amide bonds. The number of rotatable bonds is 10. The van der Waals surface area contributed by atoms with Crippen LogP contribution in [-0.2, 0) is 11.3 Å². The van der Waals surface area contributed by atoms with Gasteiger partial charge in [0.15, 0.2) is 11.0 Å². The quantitative estimate of drug-likeness (QED) is 0.279. The lowest BCUT2D eigenvalue weighted by molar-refractivity contribution is -0.113. The van der Waals surface area contributed by atoms with Gasteiger partial charge in [-0.25, -0.2) is 0 Å². The molecule has 4 rings (SSSR count). The van der Waals surface area contributed by atoms with Gasteiger partial charge in [-0.1, -0.05) is 35.5 Å². The first-order valence-electron chi connectivity index (χ1n) is 11.1. The van der Waals surface area contributed by atoms with Crippen LogP contribution in [0.1, 0.15) is 19.6 Å². The second kappa shape index (κ2) is 11.3. The molecular weight excluding hydrogens is 470 g/mol. The number of carbonyl (C=O) groups is 1. The Kier molecular flexibility index (Phi) is 7.92. The lowest BCUT2D eigenvalue weighted by Gasteiger charge is -2.21. The number of benzene rings is 2. The lowest BCUT2D eigenvalue weighted by Crippen LogP contribution is -2.21. The van der Waals surface area contributed by atoms with E-state index in [0.29, 0.717) is 22.5 Å². The van der Waals surface area contributed by atoms with Gasteiger partial charge in [0, 0.05) is 35.1 Å². The van der Waals surface area contributed by atoms with Crippen molar-refractivity contribution >= 4 is 40.6 Å². The van der Waals surface area contributed by atoms with Gasteiger partial charge in [-0.3, -0.25) is 9.36 Å². The van der Waals surface area contributed by atoms with E-state index in [0.717, 1.165) is 35.8 Å². The van der Waals surface area contributed by atoms with Gasteiger partial charge in [-0.05, 0) is 62.4 Å². The Morgan fingerprint density at radius 1 is 1.09 bits per heavy atom. The number of nitrogens with one attached hydrogen (secondary N) is 1. The molecule has 2 aromatic heterocycles. The van der Waals surface area contributed by atoms with E-state index in [2.05, 4.69) is 34.3 Å². The molecule has 0 unspecified atom stereocenters. The molecule has 0 saturated heterocycles. The minimum absolute atomic E-state index is 0.113. The number of amides is 1. The molecule has 34 heavy (non-hydrogen) atoms. The molecular formula is C25H26ClN5O2S. The Morgan fingerprint density at radius 2 is 1.88 bits per heavy atom. The Hall–Kier alpha value is -3.23. The average molecular weight is 496 g/mol. The van der Waals surface area contributed by atoms with Crippen LogP contribution < -0.4 is 10.2 Å². The topological polar surface area (TPSA) is 76.2 Å². The summed E-state index contributed by atoms with van der Waals surface area (Å²) in [7, 11) is 0. The fourth-order valence-electron chi connectivity index (χ4n) is 3.61. The SMILES string of the molecule is CCN(CC)c1ccc(NC(=O)CSc2nnc(-c3cccc(Cl)c3)n2Cc2ccco2)cc1. The van der Waals surface area contributed by atoms with Crippen LogP contribution in [0.15, 0.2) is 76.5 Å². The maximum Gasteiger partial charge on any atom is 0.234 e. The summed E-state index contributed by atoms with van der Waals surface area (Å²) in [6.07, 6.45) is 1.63. The molecule has 2 aromatic carbocycles. The van der Waals surface area contributed by atoms with E-state index in [1.165, 1.54) is 11.8 Å². The van der Waals surface area contributed by atoms with Gasteiger partial charge in [0.25, 0.3) is 0 Å². The molecule has 9 heteroatoms. The maximum absolute atomic E-state index is 12.6. The number of furan rings is 1. The zero-order chi connectivity index (χ0) is 23.9. The van der Waals surface area contributed by atoms with Crippen molar-refractivity contribution in [1.82, 2.24) is 14.8 Å². The van der Waals surface area contributed by atoms with Gasteiger partial charge < -0.3 is 14.6 Å². The van der Waals surface area contributed by atoms with Crippen LogP contribution >= 0.6 is 23.4 Å². The Morgan fingerprint density at radius 3 is 2.56 bits per heavy atom. The third kappa shape index (κ3) is 5.81. The smallest absolute Gasteiger partial charge is 0.234 e. The highest BCUT2D eigenvalue weighted by molar-refractivity contribution is 7.99. The number of aromatic nitrogens is 3. The third-order valence-corrected chi connectivity index (χ3v) is 6.51. The Balaban J connectivity index is 1.46. The lowest BCUT2D eigenvalue weighted by atomic mass is 10.2. The average Bonchev–Trinajstić information content (AvgIpc) is 3.50. The molecule has 0 aliphatic rings. The van der Waals surface area contributed by atoms with Crippen LogP contribution in [-0.4, -0.2) is 39.5 Å². The summed E-state index contributed by atoms with van der Waals surface area (Å²) in [5, 5.41) is 12.9. The first kappa shape index (κ1) is 23.9. The van der Waals surface area contributed by atoms with Crippen molar-refractivity contribution in [2.45, 2.75) is 25.5 Å². The second-order valence-corrected chi connectivity index (χ2v) is 8.92. The predicted octanol–water partition coefficient (Wildman–Crippen LogP) is 5.82. The summed E-state index contributed by atoms with van der Waals surface area (Å²) in [4.78, 5) is 14.9. The molecule has 0 radical (unpaired) electrons. The van der Waals surface area contributed by atoms with Crippen molar-refractivity contribution in [3.8, 4) is 11.4 Å².